The highest BCUT2D eigenvalue weighted by atomic mass is 16.5. The van der Waals surface area contributed by atoms with Gasteiger partial charge in [-0.1, -0.05) is 42.5 Å². The Balaban J connectivity index is 1.35. The SMILES string of the molecule is COc1ccc(C(NC(=O)CCc2ccc(-c3ccccc3)o2)C2CC2)cc1. The first kappa shape index (κ1) is 18.4. The second-order valence-electron chi connectivity index (χ2n) is 7.29. The maximum absolute atomic E-state index is 12.6. The fraction of sp³-hybridized carbons (Fsp3) is 0.292. The summed E-state index contributed by atoms with van der Waals surface area (Å²) >= 11 is 0. The van der Waals surface area contributed by atoms with E-state index in [1.165, 1.54) is 0 Å². The molecule has 1 fully saturated rings. The number of hydrogen-bond acceptors (Lipinski definition) is 3. The number of furan rings is 1. The molecule has 0 bridgehead atoms. The molecule has 4 heteroatoms. The minimum absolute atomic E-state index is 0.0605. The number of rotatable bonds is 8. The summed E-state index contributed by atoms with van der Waals surface area (Å²) in [6, 6.07) is 22.0. The van der Waals surface area contributed by atoms with E-state index in [0.29, 0.717) is 18.8 Å². The van der Waals surface area contributed by atoms with Crippen LogP contribution in [0.5, 0.6) is 5.75 Å². The van der Waals surface area contributed by atoms with Gasteiger partial charge in [0.15, 0.2) is 0 Å². The summed E-state index contributed by atoms with van der Waals surface area (Å²) in [5.41, 5.74) is 2.19. The van der Waals surface area contributed by atoms with Gasteiger partial charge in [-0.2, -0.15) is 0 Å². The zero-order valence-corrected chi connectivity index (χ0v) is 16.1. The van der Waals surface area contributed by atoms with Crippen molar-refractivity contribution in [2.45, 2.75) is 31.7 Å². The fourth-order valence-corrected chi connectivity index (χ4v) is 3.47. The average Bonchev–Trinajstić information content (AvgIpc) is 3.48. The topological polar surface area (TPSA) is 51.5 Å². The summed E-state index contributed by atoms with van der Waals surface area (Å²) < 4.78 is 11.1. The van der Waals surface area contributed by atoms with Crippen molar-refractivity contribution in [3.63, 3.8) is 0 Å². The molecular weight excluding hydrogens is 350 g/mol. The molecule has 1 saturated carbocycles. The second kappa shape index (κ2) is 8.34. The predicted molar refractivity (Wildman–Crippen MR) is 109 cm³/mol. The summed E-state index contributed by atoms with van der Waals surface area (Å²) in [4.78, 5) is 12.6. The van der Waals surface area contributed by atoms with Crippen LogP contribution in [-0.4, -0.2) is 13.0 Å². The molecule has 1 heterocycles. The van der Waals surface area contributed by atoms with Crippen LogP contribution in [0, 0.1) is 5.92 Å². The number of nitrogens with one attached hydrogen (secondary N) is 1. The molecule has 0 radical (unpaired) electrons. The molecule has 1 aliphatic carbocycles. The number of carbonyl (C=O) groups is 1. The Labute approximate surface area is 165 Å². The van der Waals surface area contributed by atoms with Gasteiger partial charge in [0.1, 0.15) is 17.3 Å². The first-order chi connectivity index (χ1) is 13.7. The molecule has 0 spiro atoms. The zero-order chi connectivity index (χ0) is 19.3. The van der Waals surface area contributed by atoms with Crippen molar-refractivity contribution in [1.82, 2.24) is 5.32 Å². The van der Waals surface area contributed by atoms with E-state index in [4.69, 9.17) is 9.15 Å². The molecule has 4 nitrogen and oxygen atoms in total. The third-order valence-electron chi connectivity index (χ3n) is 5.20. The molecule has 1 N–H and O–H groups in total. The van der Waals surface area contributed by atoms with Gasteiger partial charge in [-0.3, -0.25) is 4.79 Å². The Morgan fingerprint density at radius 2 is 1.82 bits per heavy atom. The fourth-order valence-electron chi connectivity index (χ4n) is 3.47. The Morgan fingerprint density at radius 1 is 1.07 bits per heavy atom. The Bertz CT molecular complexity index is 911. The quantitative estimate of drug-likeness (QED) is 0.592. The van der Waals surface area contributed by atoms with Crippen LogP contribution in [0.15, 0.2) is 71.1 Å². The number of hydrogen-bond donors (Lipinski definition) is 1. The van der Waals surface area contributed by atoms with Gasteiger partial charge in [-0.25, -0.2) is 0 Å². The molecule has 1 amide bonds. The van der Waals surface area contributed by atoms with Crippen molar-refractivity contribution in [3.8, 4) is 17.1 Å². The van der Waals surface area contributed by atoms with Crippen LogP contribution in [0.4, 0.5) is 0 Å². The van der Waals surface area contributed by atoms with Crippen LogP contribution in [0.1, 0.15) is 36.6 Å². The van der Waals surface area contributed by atoms with Crippen molar-refractivity contribution in [2.75, 3.05) is 7.11 Å². The van der Waals surface area contributed by atoms with Gasteiger partial charge < -0.3 is 14.5 Å². The molecule has 4 rings (SSSR count). The smallest absolute Gasteiger partial charge is 0.220 e. The lowest BCUT2D eigenvalue weighted by atomic mass is 10.0. The molecule has 0 saturated heterocycles. The monoisotopic (exact) mass is 375 g/mol. The van der Waals surface area contributed by atoms with Gasteiger partial charge in [0.25, 0.3) is 0 Å². The van der Waals surface area contributed by atoms with Crippen LogP contribution in [-0.2, 0) is 11.2 Å². The lowest BCUT2D eigenvalue weighted by molar-refractivity contribution is -0.122. The lowest BCUT2D eigenvalue weighted by Gasteiger charge is -2.19. The number of carbonyl (C=O) groups excluding carboxylic acids is 1. The van der Waals surface area contributed by atoms with E-state index in [1.807, 2.05) is 66.7 Å². The van der Waals surface area contributed by atoms with Crippen molar-refractivity contribution in [2.24, 2.45) is 5.92 Å². The molecule has 0 aliphatic heterocycles. The third-order valence-corrected chi connectivity index (χ3v) is 5.20. The van der Waals surface area contributed by atoms with Crippen LogP contribution >= 0.6 is 0 Å². The number of amides is 1. The van der Waals surface area contributed by atoms with Crippen LogP contribution in [0.3, 0.4) is 0 Å². The highest BCUT2D eigenvalue weighted by Gasteiger charge is 2.33. The van der Waals surface area contributed by atoms with Crippen molar-refractivity contribution < 1.29 is 13.9 Å². The molecule has 28 heavy (non-hydrogen) atoms. The summed E-state index contributed by atoms with van der Waals surface area (Å²) in [6.45, 7) is 0. The van der Waals surface area contributed by atoms with Gasteiger partial charge in [-0.05, 0) is 48.6 Å². The van der Waals surface area contributed by atoms with E-state index in [0.717, 1.165) is 41.2 Å². The largest absolute Gasteiger partial charge is 0.497 e. The molecule has 1 atom stereocenters. The van der Waals surface area contributed by atoms with Crippen LogP contribution in [0.25, 0.3) is 11.3 Å². The first-order valence-corrected chi connectivity index (χ1v) is 9.80. The minimum Gasteiger partial charge on any atom is -0.497 e. The average molecular weight is 375 g/mol. The van der Waals surface area contributed by atoms with E-state index in [-0.39, 0.29) is 11.9 Å². The molecule has 144 valence electrons. The highest BCUT2D eigenvalue weighted by Crippen LogP contribution is 2.41. The summed E-state index contributed by atoms with van der Waals surface area (Å²) in [6.07, 6.45) is 3.34. The number of benzene rings is 2. The first-order valence-electron chi connectivity index (χ1n) is 9.80. The van der Waals surface area contributed by atoms with E-state index in [1.54, 1.807) is 7.11 Å². The van der Waals surface area contributed by atoms with Crippen LogP contribution < -0.4 is 10.1 Å². The Morgan fingerprint density at radius 3 is 2.50 bits per heavy atom. The van der Waals surface area contributed by atoms with Gasteiger partial charge >= 0.3 is 0 Å². The highest BCUT2D eigenvalue weighted by molar-refractivity contribution is 5.76. The molecule has 2 aromatic carbocycles. The molecular formula is C24H25NO3. The number of aryl methyl sites for hydroxylation is 1. The maximum Gasteiger partial charge on any atom is 0.220 e. The second-order valence-corrected chi connectivity index (χ2v) is 7.29. The maximum atomic E-state index is 12.6. The molecule has 1 aromatic heterocycles. The summed E-state index contributed by atoms with van der Waals surface area (Å²) in [5.74, 6) is 3.10. The third kappa shape index (κ3) is 4.45. The predicted octanol–water partition coefficient (Wildman–Crippen LogP) is 5.16. The van der Waals surface area contributed by atoms with E-state index in [2.05, 4.69) is 5.32 Å². The van der Waals surface area contributed by atoms with Gasteiger partial charge in [0.05, 0.1) is 13.2 Å². The van der Waals surface area contributed by atoms with Gasteiger partial charge in [0.2, 0.25) is 5.91 Å². The Kier molecular flexibility index (Phi) is 5.47. The number of ether oxygens (including phenoxy) is 1. The van der Waals surface area contributed by atoms with Gasteiger partial charge in [-0.15, -0.1) is 0 Å². The van der Waals surface area contributed by atoms with Crippen molar-refractivity contribution in [1.29, 1.82) is 0 Å². The molecule has 1 unspecified atom stereocenters. The molecule has 1 aliphatic rings. The van der Waals surface area contributed by atoms with E-state index >= 15 is 0 Å². The van der Waals surface area contributed by atoms with E-state index in [9.17, 15) is 4.79 Å². The van der Waals surface area contributed by atoms with Crippen LogP contribution in [0.2, 0.25) is 0 Å². The summed E-state index contributed by atoms with van der Waals surface area (Å²) in [7, 11) is 1.66. The van der Waals surface area contributed by atoms with Crippen molar-refractivity contribution in [3.05, 3.63) is 78.1 Å². The van der Waals surface area contributed by atoms with E-state index < -0.39 is 0 Å². The zero-order valence-electron chi connectivity index (χ0n) is 16.1. The van der Waals surface area contributed by atoms with Crippen molar-refractivity contribution >= 4 is 5.91 Å². The number of methoxy groups -OCH3 is 1. The normalized spacial score (nSPS) is 14.5. The standard InChI is InChI=1S/C24H25NO3/c1-27-20-11-9-19(10-12-20)24(18-7-8-18)25-23(26)16-14-21-13-15-22(28-21)17-5-3-2-4-6-17/h2-6,9-13,15,18,24H,7-8,14,16H2,1H3,(H,25,26). The lowest BCUT2D eigenvalue weighted by Crippen LogP contribution is -2.30. The van der Waals surface area contributed by atoms with Gasteiger partial charge in [0, 0.05) is 18.4 Å². The minimum atomic E-state index is 0.0605. The Hall–Kier alpha value is -3.01. The summed E-state index contributed by atoms with van der Waals surface area (Å²) in [5, 5.41) is 3.22. The molecule has 3 aromatic rings.